The van der Waals surface area contributed by atoms with Crippen molar-refractivity contribution < 1.29 is 23.8 Å². The van der Waals surface area contributed by atoms with E-state index in [-0.39, 0.29) is 12.4 Å². The Balaban J connectivity index is 1.80. The summed E-state index contributed by atoms with van der Waals surface area (Å²) in [5.74, 6) is 1.08. The van der Waals surface area contributed by atoms with Crippen LogP contribution in [-0.4, -0.2) is 31.0 Å². The Hall–Kier alpha value is -2.66. The van der Waals surface area contributed by atoms with Crippen LogP contribution in [0.15, 0.2) is 54.6 Å². The summed E-state index contributed by atoms with van der Waals surface area (Å²) in [7, 11) is 0. The van der Waals surface area contributed by atoms with Crippen LogP contribution in [0.25, 0.3) is 6.08 Å². The molecule has 0 saturated heterocycles. The van der Waals surface area contributed by atoms with Gasteiger partial charge in [0.2, 0.25) is 6.86 Å². The van der Waals surface area contributed by atoms with Crippen LogP contribution in [0, 0.1) is 0 Å². The van der Waals surface area contributed by atoms with Gasteiger partial charge >= 0.3 is 0 Å². The van der Waals surface area contributed by atoms with E-state index in [1.807, 2.05) is 0 Å². The van der Waals surface area contributed by atoms with Crippen LogP contribution in [0.3, 0.4) is 0 Å². The molecular formula is C22H25FO4. The maximum Gasteiger partial charge on any atom is 0.228 e. The minimum absolute atomic E-state index is 0.102. The van der Waals surface area contributed by atoms with Gasteiger partial charge in [-0.2, -0.15) is 0 Å². The van der Waals surface area contributed by atoms with Gasteiger partial charge in [-0.25, -0.2) is 4.39 Å². The Labute approximate surface area is 159 Å². The summed E-state index contributed by atoms with van der Waals surface area (Å²) in [5, 5.41) is 8.72. The number of ketones is 1. The number of allylic oxidation sites excluding steroid dienone is 1. The number of hydrogen-bond donors (Lipinski definition) is 1. The molecule has 0 fully saturated rings. The predicted molar refractivity (Wildman–Crippen MR) is 104 cm³/mol. The van der Waals surface area contributed by atoms with E-state index in [1.54, 1.807) is 54.6 Å². The van der Waals surface area contributed by atoms with E-state index in [0.29, 0.717) is 17.9 Å². The third kappa shape index (κ3) is 7.62. The molecule has 0 unspecified atom stereocenters. The summed E-state index contributed by atoms with van der Waals surface area (Å²) in [6.07, 6.45) is 7.02. The molecule has 0 amide bonds. The fraction of sp³-hybridized carbons (Fsp3) is 0.318. The number of rotatable bonds is 12. The van der Waals surface area contributed by atoms with Gasteiger partial charge < -0.3 is 14.6 Å². The molecule has 0 bridgehead atoms. The molecule has 27 heavy (non-hydrogen) atoms. The highest BCUT2D eigenvalue weighted by molar-refractivity contribution is 6.06. The van der Waals surface area contributed by atoms with Crippen molar-refractivity contribution >= 4 is 11.9 Å². The zero-order chi connectivity index (χ0) is 19.3. The second kappa shape index (κ2) is 11.9. The van der Waals surface area contributed by atoms with Crippen molar-refractivity contribution in [1.29, 1.82) is 0 Å². The van der Waals surface area contributed by atoms with E-state index in [1.165, 1.54) is 6.08 Å². The van der Waals surface area contributed by atoms with Crippen LogP contribution in [0.5, 0.6) is 11.5 Å². The van der Waals surface area contributed by atoms with E-state index >= 15 is 0 Å². The van der Waals surface area contributed by atoms with E-state index in [2.05, 4.69) is 0 Å². The number of halogens is 1. The molecule has 2 aromatic carbocycles. The fourth-order valence-electron chi connectivity index (χ4n) is 2.48. The van der Waals surface area contributed by atoms with Crippen molar-refractivity contribution in [2.75, 3.05) is 20.1 Å². The maximum absolute atomic E-state index is 12.2. The molecule has 1 N–H and O–H groups in total. The minimum Gasteiger partial charge on any atom is -0.494 e. The van der Waals surface area contributed by atoms with Gasteiger partial charge in [0.15, 0.2) is 5.78 Å². The number of benzene rings is 2. The van der Waals surface area contributed by atoms with Gasteiger partial charge in [-0.05, 0) is 67.3 Å². The van der Waals surface area contributed by atoms with Gasteiger partial charge in [0.1, 0.15) is 11.5 Å². The summed E-state index contributed by atoms with van der Waals surface area (Å²) in [6, 6.07) is 13.9. The Morgan fingerprint density at radius 2 is 1.52 bits per heavy atom. The molecule has 0 radical (unpaired) electrons. The molecule has 0 spiro atoms. The lowest BCUT2D eigenvalue weighted by Gasteiger charge is -2.06. The van der Waals surface area contributed by atoms with E-state index < -0.39 is 6.86 Å². The molecule has 0 aliphatic rings. The summed E-state index contributed by atoms with van der Waals surface area (Å²) in [4.78, 5) is 12.2. The molecule has 2 rings (SSSR count). The third-order valence-corrected chi connectivity index (χ3v) is 3.99. The van der Waals surface area contributed by atoms with Gasteiger partial charge in [0.25, 0.3) is 0 Å². The minimum atomic E-state index is -0.864. The third-order valence-electron chi connectivity index (χ3n) is 3.99. The quantitative estimate of drug-likeness (QED) is 0.330. The first-order valence-corrected chi connectivity index (χ1v) is 9.08. The van der Waals surface area contributed by atoms with Gasteiger partial charge in [-0.3, -0.25) is 4.79 Å². The molecule has 2 aromatic rings. The molecule has 0 aliphatic heterocycles. The van der Waals surface area contributed by atoms with Crippen molar-refractivity contribution in [2.24, 2.45) is 0 Å². The van der Waals surface area contributed by atoms with Crippen LogP contribution < -0.4 is 9.47 Å². The Morgan fingerprint density at radius 1 is 0.889 bits per heavy atom. The molecule has 144 valence electrons. The smallest absolute Gasteiger partial charge is 0.228 e. The Morgan fingerprint density at radius 3 is 2.19 bits per heavy atom. The summed E-state index contributed by atoms with van der Waals surface area (Å²) in [5.41, 5.74) is 1.41. The molecule has 0 atom stereocenters. The predicted octanol–water partition coefficient (Wildman–Crippen LogP) is 4.82. The SMILES string of the molecule is O=C(C=Cc1ccc(OCF)cc1)c1ccc(OCCCCCCO)cc1. The second-order valence-electron chi connectivity index (χ2n) is 6.03. The summed E-state index contributed by atoms with van der Waals surface area (Å²) in [6.45, 7) is 0.00149. The average Bonchev–Trinajstić information content (AvgIpc) is 2.70. The molecule has 0 aromatic heterocycles. The van der Waals surface area contributed by atoms with Crippen molar-refractivity contribution in [2.45, 2.75) is 25.7 Å². The number of aliphatic hydroxyl groups is 1. The summed E-state index contributed by atoms with van der Waals surface area (Å²) < 4.78 is 22.5. The van der Waals surface area contributed by atoms with Crippen molar-refractivity contribution in [3.8, 4) is 11.5 Å². The van der Waals surface area contributed by atoms with Crippen molar-refractivity contribution in [3.05, 3.63) is 65.7 Å². The molecule has 0 heterocycles. The molecular weight excluding hydrogens is 347 g/mol. The van der Waals surface area contributed by atoms with Gasteiger partial charge in [-0.1, -0.05) is 24.6 Å². The van der Waals surface area contributed by atoms with Crippen molar-refractivity contribution in [1.82, 2.24) is 0 Å². The normalized spacial score (nSPS) is 10.9. The zero-order valence-corrected chi connectivity index (χ0v) is 15.3. The lowest BCUT2D eigenvalue weighted by Crippen LogP contribution is -1.99. The van der Waals surface area contributed by atoms with Gasteiger partial charge in [-0.15, -0.1) is 0 Å². The van der Waals surface area contributed by atoms with Crippen LogP contribution in [-0.2, 0) is 0 Å². The highest BCUT2D eigenvalue weighted by Gasteiger charge is 2.03. The van der Waals surface area contributed by atoms with Crippen LogP contribution in [0.1, 0.15) is 41.6 Å². The van der Waals surface area contributed by atoms with Gasteiger partial charge in [0.05, 0.1) is 6.61 Å². The number of alkyl halides is 1. The monoisotopic (exact) mass is 372 g/mol. The number of carbonyl (C=O) groups excluding carboxylic acids is 1. The topological polar surface area (TPSA) is 55.8 Å². The molecule has 0 aliphatic carbocycles. The lowest BCUT2D eigenvalue weighted by molar-refractivity contribution is 0.104. The fourth-order valence-corrected chi connectivity index (χ4v) is 2.48. The van der Waals surface area contributed by atoms with Crippen LogP contribution >= 0.6 is 0 Å². The number of unbranched alkanes of at least 4 members (excludes halogenated alkanes) is 3. The number of carbonyl (C=O) groups is 1. The Bertz CT molecular complexity index is 708. The molecule has 4 nitrogen and oxygen atoms in total. The second-order valence-corrected chi connectivity index (χ2v) is 6.03. The average molecular weight is 372 g/mol. The largest absolute Gasteiger partial charge is 0.494 e. The zero-order valence-electron chi connectivity index (χ0n) is 15.3. The van der Waals surface area contributed by atoms with Crippen molar-refractivity contribution in [3.63, 3.8) is 0 Å². The van der Waals surface area contributed by atoms with Crippen LogP contribution in [0.4, 0.5) is 4.39 Å². The maximum atomic E-state index is 12.2. The first-order chi connectivity index (χ1) is 13.2. The highest BCUT2D eigenvalue weighted by Crippen LogP contribution is 2.16. The number of hydrogen-bond acceptors (Lipinski definition) is 4. The van der Waals surface area contributed by atoms with Crippen LogP contribution in [0.2, 0.25) is 0 Å². The summed E-state index contributed by atoms with van der Waals surface area (Å²) >= 11 is 0. The lowest BCUT2D eigenvalue weighted by atomic mass is 10.1. The first-order valence-electron chi connectivity index (χ1n) is 9.08. The van der Waals surface area contributed by atoms with E-state index in [0.717, 1.165) is 37.0 Å². The van der Waals surface area contributed by atoms with E-state index in [4.69, 9.17) is 14.6 Å². The first kappa shape index (κ1) is 20.6. The van der Waals surface area contributed by atoms with Gasteiger partial charge in [0, 0.05) is 12.2 Å². The van der Waals surface area contributed by atoms with E-state index in [9.17, 15) is 9.18 Å². The number of ether oxygens (including phenoxy) is 2. The highest BCUT2D eigenvalue weighted by atomic mass is 19.1. The number of aliphatic hydroxyl groups excluding tert-OH is 1. The standard InChI is InChI=1S/C22H25FO4/c23-17-27-21-10-5-18(6-11-21)7-14-22(25)19-8-12-20(13-9-19)26-16-4-2-1-3-15-24/h5-14,24H,1-4,15-17H2. The molecule has 5 heteroatoms. The molecule has 0 saturated carbocycles. The Kier molecular flexibility index (Phi) is 9.07.